The Labute approximate surface area is 131 Å². The van der Waals surface area contributed by atoms with Crippen molar-refractivity contribution in [2.24, 2.45) is 0 Å². The van der Waals surface area contributed by atoms with Gasteiger partial charge in [-0.3, -0.25) is 0 Å². The molecule has 5 nitrogen and oxygen atoms in total. The van der Waals surface area contributed by atoms with Gasteiger partial charge in [0.25, 0.3) is 10.0 Å². The van der Waals surface area contributed by atoms with Crippen molar-refractivity contribution in [2.75, 3.05) is 0 Å². The first-order valence-electron chi connectivity index (χ1n) is 6.72. The number of alkyl halides is 2. The fourth-order valence-electron chi connectivity index (χ4n) is 2.20. The molecule has 8 heteroatoms. The summed E-state index contributed by atoms with van der Waals surface area (Å²) in [5, 5.41) is 3.54. The average molecular weight is 337 g/mol. The number of aryl methyl sites for hydroxylation is 1. The minimum atomic E-state index is -3.81. The molecule has 0 N–H and O–H groups in total. The molecule has 0 aliphatic rings. The second-order valence-corrected chi connectivity index (χ2v) is 6.81. The molecule has 2 heterocycles. The number of aromatic nitrogens is 3. The van der Waals surface area contributed by atoms with Crippen LogP contribution in [0.5, 0.6) is 0 Å². The topological polar surface area (TPSA) is 56.9 Å². The normalized spacial score (nSPS) is 12.0. The first-order valence-corrected chi connectivity index (χ1v) is 8.16. The molecule has 0 saturated heterocycles. The summed E-state index contributed by atoms with van der Waals surface area (Å²) in [6, 6.07) is 9.50. The van der Waals surface area contributed by atoms with Crippen molar-refractivity contribution >= 4 is 10.0 Å². The third kappa shape index (κ3) is 2.77. The molecule has 3 aromatic rings. The smallest absolute Gasteiger partial charge is 0.241 e. The molecule has 2 aromatic heterocycles. The maximum Gasteiger partial charge on any atom is 0.333 e. The number of benzene rings is 1. The van der Waals surface area contributed by atoms with Crippen LogP contribution in [0, 0.1) is 6.92 Å². The van der Waals surface area contributed by atoms with Crippen LogP contribution < -0.4 is 0 Å². The van der Waals surface area contributed by atoms with E-state index in [1.807, 2.05) is 6.92 Å². The van der Waals surface area contributed by atoms with E-state index in [0.29, 0.717) is 10.2 Å². The van der Waals surface area contributed by atoms with E-state index < -0.39 is 16.6 Å². The zero-order valence-electron chi connectivity index (χ0n) is 12.1. The van der Waals surface area contributed by atoms with Crippen LogP contribution in [0.2, 0.25) is 0 Å². The summed E-state index contributed by atoms with van der Waals surface area (Å²) in [5.74, 6) is 0. The van der Waals surface area contributed by atoms with Gasteiger partial charge < -0.3 is 0 Å². The van der Waals surface area contributed by atoms with E-state index in [1.165, 1.54) is 24.5 Å². The maximum atomic E-state index is 12.7. The van der Waals surface area contributed by atoms with Crippen LogP contribution >= 0.6 is 0 Å². The highest BCUT2D eigenvalue weighted by molar-refractivity contribution is 7.90. The maximum absolute atomic E-state index is 12.7. The Bertz CT molecular complexity index is 928. The van der Waals surface area contributed by atoms with Crippen molar-refractivity contribution in [1.82, 2.24) is 13.8 Å². The zero-order valence-corrected chi connectivity index (χ0v) is 12.9. The predicted molar refractivity (Wildman–Crippen MR) is 80.7 cm³/mol. The largest absolute Gasteiger partial charge is 0.333 e. The quantitative estimate of drug-likeness (QED) is 0.734. The average Bonchev–Trinajstić information content (AvgIpc) is 3.16. The van der Waals surface area contributed by atoms with Gasteiger partial charge in [-0.15, -0.1) is 0 Å². The summed E-state index contributed by atoms with van der Waals surface area (Å²) in [5.41, 5.74) is 1.51. The molecule has 0 aliphatic carbocycles. The fourth-order valence-corrected chi connectivity index (χ4v) is 3.56. The summed E-state index contributed by atoms with van der Waals surface area (Å²) >= 11 is 0. The SMILES string of the molecule is Cc1ccc(S(=O)(=O)n2cccc2-c2cnn(C(F)F)c2)cc1. The predicted octanol–water partition coefficient (Wildman–Crippen LogP) is 3.29. The van der Waals surface area contributed by atoms with E-state index in [0.717, 1.165) is 15.7 Å². The Morgan fingerprint density at radius 2 is 1.83 bits per heavy atom. The Hall–Kier alpha value is -2.48. The van der Waals surface area contributed by atoms with Crippen LogP contribution in [-0.2, 0) is 10.0 Å². The van der Waals surface area contributed by atoms with Crippen LogP contribution in [0.4, 0.5) is 8.78 Å². The summed E-state index contributed by atoms with van der Waals surface area (Å²) in [4.78, 5) is 0.127. The molecule has 0 atom stereocenters. The van der Waals surface area contributed by atoms with Gasteiger partial charge in [-0.2, -0.15) is 13.9 Å². The van der Waals surface area contributed by atoms with Gasteiger partial charge in [0, 0.05) is 18.0 Å². The van der Waals surface area contributed by atoms with E-state index in [2.05, 4.69) is 5.10 Å². The van der Waals surface area contributed by atoms with Crippen LogP contribution in [0.1, 0.15) is 12.1 Å². The highest BCUT2D eigenvalue weighted by Gasteiger charge is 2.21. The van der Waals surface area contributed by atoms with Gasteiger partial charge in [0.2, 0.25) is 0 Å². The Kier molecular flexibility index (Phi) is 3.77. The zero-order chi connectivity index (χ0) is 16.6. The lowest BCUT2D eigenvalue weighted by atomic mass is 10.2. The molecule has 0 radical (unpaired) electrons. The van der Waals surface area contributed by atoms with Gasteiger partial charge in [-0.25, -0.2) is 17.1 Å². The Balaban J connectivity index is 2.07. The van der Waals surface area contributed by atoms with Crippen LogP contribution in [0.15, 0.2) is 59.9 Å². The van der Waals surface area contributed by atoms with Crippen molar-refractivity contribution in [3.8, 4) is 11.3 Å². The van der Waals surface area contributed by atoms with Crippen molar-refractivity contribution in [3.63, 3.8) is 0 Å². The lowest BCUT2D eigenvalue weighted by Gasteiger charge is -2.09. The first-order chi connectivity index (χ1) is 10.9. The van der Waals surface area contributed by atoms with Gasteiger partial charge in [-0.1, -0.05) is 17.7 Å². The van der Waals surface area contributed by atoms with E-state index in [1.54, 1.807) is 24.3 Å². The third-order valence-electron chi connectivity index (χ3n) is 3.39. The van der Waals surface area contributed by atoms with Crippen molar-refractivity contribution in [3.05, 3.63) is 60.6 Å². The number of nitrogens with zero attached hydrogens (tertiary/aromatic N) is 3. The lowest BCUT2D eigenvalue weighted by molar-refractivity contribution is 0.0566. The third-order valence-corrected chi connectivity index (χ3v) is 5.09. The van der Waals surface area contributed by atoms with E-state index in [4.69, 9.17) is 0 Å². The molecule has 0 amide bonds. The van der Waals surface area contributed by atoms with Gasteiger partial charge in [0.15, 0.2) is 0 Å². The molecular formula is C15H13F2N3O2S. The molecule has 3 rings (SSSR count). The molecule has 0 unspecified atom stereocenters. The van der Waals surface area contributed by atoms with Gasteiger partial charge in [0.1, 0.15) is 0 Å². The van der Waals surface area contributed by atoms with Crippen LogP contribution in [0.25, 0.3) is 11.3 Å². The van der Waals surface area contributed by atoms with Gasteiger partial charge in [0.05, 0.1) is 16.8 Å². The van der Waals surface area contributed by atoms with Crippen molar-refractivity contribution in [1.29, 1.82) is 0 Å². The van der Waals surface area contributed by atoms with Crippen LogP contribution in [-0.4, -0.2) is 22.2 Å². The van der Waals surface area contributed by atoms with Crippen molar-refractivity contribution in [2.45, 2.75) is 18.4 Å². The number of rotatable bonds is 4. The molecule has 0 fully saturated rings. The highest BCUT2D eigenvalue weighted by atomic mass is 32.2. The fraction of sp³-hybridized carbons (Fsp3) is 0.133. The molecule has 0 saturated carbocycles. The molecular weight excluding hydrogens is 324 g/mol. The first kappa shape index (κ1) is 15.4. The summed E-state index contributed by atoms with van der Waals surface area (Å²) in [6.07, 6.45) is 3.70. The standard InChI is InChI=1S/C15H13F2N3O2S/c1-11-4-6-13(7-5-11)23(21,22)20-8-2-3-14(20)12-9-18-19(10-12)15(16)17/h2-10,15H,1H3. The second-order valence-electron chi connectivity index (χ2n) is 4.99. The lowest BCUT2D eigenvalue weighted by Crippen LogP contribution is -2.13. The molecule has 0 aliphatic heterocycles. The molecule has 1 aromatic carbocycles. The van der Waals surface area contributed by atoms with E-state index in [-0.39, 0.29) is 10.6 Å². The van der Waals surface area contributed by atoms with Gasteiger partial charge >= 0.3 is 6.55 Å². The monoisotopic (exact) mass is 337 g/mol. The summed E-state index contributed by atoms with van der Waals surface area (Å²) in [6.45, 7) is -0.920. The summed E-state index contributed by atoms with van der Waals surface area (Å²) in [7, 11) is -3.81. The highest BCUT2D eigenvalue weighted by Crippen LogP contribution is 2.26. The molecule has 23 heavy (non-hydrogen) atoms. The number of hydrogen-bond donors (Lipinski definition) is 0. The van der Waals surface area contributed by atoms with Crippen LogP contribution in [0.3, 0.4) is 0 Å². The molecule has 0 spiro atoms. The second kappa shape index (κ2) is 5.62. The minimum absolute atomic E-state index is 0.127. The van der Waals surface area contributed by atoms with E-state index >= 15 is 0 Å². The number of halogens is 2. The minimum Gasteiger partial charge on any atom is -0.241 e. The van der Waals surface area contributed by atoms with Crippen molar-refractivity contribution < 1.29 is 17.2 Å². The number of hydrogen-bond acceptors (Lipinski definition) is 3. The Morgan fingerprint density at radius 1 is 1.13 bits per heavy atom. The molecule has 0 bridgehead atoms. The van der Waals surface area contributed by atoms with E-state index in [9.17, 15) is 17.2 Å². The van der Waals surface area contributed by atoms with Gasteiger partial charge in [-0.05, 0) is 31.2 Å². The molecule has 120 valence electrons. The summed E-state index contributed by atoms with van der Waals surface area (Å²) < 4.78 is 52.3. The Morgan fingerprint density at radius 3 is 2.43 bits per heavy atom.